The summed E-state index contributed by atoms with van der Waals surface area (Å²) in [5.41, 5.74) is 8.67. The summed E-state index contributed by atoms with van der Waals surface area (Å²) in [7, 11) is 1.42. The molecule has 0 saturated carbocycles. The molecule has 0 radical (unpaired) electrons. The predicted molar refractivity (Wildman–Crippen MR) is 130 cm³/mol. The summed E-state index contributed by atoms with van der Waals surface area (Å²) < 4.78 is 39.0. The predicted octanol–water partition coefficient (Wildman–Crippen LogP) is 4.85. The summed E-state index contributed by atoms with van der Waals surface area (Å²) in [5.74, 6) is -2.47. The maximum atomic E-state index is 15.0. The number of aromatic nitrogens is 4. The Kier molecular flexibility index (Phi) is 6.81. The van der Waals surface area contributed by atoms with Gasteiger partial charge in [-0.2, -0.15) is 0 Å². The van der Waals surface area contributed by atoms with E-state index in [1.165, 1.54) is 43.9 Å². The maximum absolute atomic E-state index is 15.0. The Morgan fingerprint density at radius 3 is 2.58 bits per heavy atom. The standard InChI is InChI=1S/C25H20F2N6O3/c1-13-8-9-29-25(32-13)36-19-7-4-15(10-18(19)27)21-22(30-12-31-23(21)28)17-6-5-16(11-20(17)35-3)33-24(34)14(2)26/h4-12H,2H2,1,3H3,(H,33,34)(H2,28,30,31). The fourth-order valence-electron chi connectivity index (χ4n) is 3.36. The van der Waals surface area contributed by atoms with Crippen LogP contribution in [0.3, 0.4) is 0 Å². The summed E-state index contributed by atoms with van der Waals surface area (Å²) >= 11 is 0. The van der Waals surface area contributed by atoms with Gasteiger partial charge in [0.1, 0.15) is 17.9 Å². The molecule has 0 aliphatic rings. The van der Waals surface area contributed by atoms with Crippen LogP contribution in [0.1, 0.15) is 5.69 Å². The van der Waals surface area contributed by atoms with E-state index in [1.807, 2.05) is 0 Å². The van der Waals surface area contributed by atoms with Crippen LogP contribution in [0.25, 0.3) is 22.4 Å². The third-order valence-corrected chi connectivity index (χ3v) is 5.03. The molecule has 9 nitrogen and oxygen atoms in total. The Morgan fingerprint density at radius 1 is 1.08 bits per heavy atom. The number of halogens is 2. The van der Waals surface area contributed by atoms with E-state index in [-0.39, 0.29) is 23.3 Å². The number of ether oxygens (including phenoxy) is 2. The molecule has 3 N–H and O–H groups in total. The number of hydrogen-bond acceptors (Lipinski definition) is 8. The van der Waals surface area contributed by atoms with Gasteiger partial charge in [-0.15, -0.1) is 0 Å². The second-order valence-electron chi connectivity index (χ2n) is 7.48. The van der Waals surface area contributed by atoms with Gasteiger partial charge in [-0.25, -0.2) is 28.7 Å². The number of hydrogen-bond donors (Lipinski definition) is 2. The molecule has 2 aromatic heterocycles. The molecule has 1 amide bonds. The van der Waals surface area contributed by atoms with Crippen LogP contribution in [-0.2, 0) is 4.79 Å². The van der Waals surface area contributed by atoms with Crippen LogP contribution in [0.5, 0.6) is 17.5 Å². The Hall–Kier alpha value is -4.93. The lowest BCUT2D eigenvalue weighted by molar-refractivity contribution is -0.114. The van der Waals surface area contributed by atoms with Gasteiger partial charge in [0.05, 0.1) is 18.4 Å². The van der Waals surface area contributed by atoms with Gasteiger partial charge < -0.3 is 20.5 Å². The number of nitrogens with one attached hydrogen (secondary N) is 1. The highest BCUT2D eigenvalue weighted by atomic mass is 19.1. The van der Waals surface area contributed by atoms with Crippen molar-refractivity contribution in [1.82, 2.24) is 19.9 Å². The van der Waals surface area contributed by atoms with E-state index in [9.17, 15) is 9.18 Å². The molecule has 36 heavy (non-hydrogen) atoms. The minimum Gasteiger partial charge on any atom is -0.496 e. The first kappa shape index (κ1) is 24.2. The SMILES string of the molecule is C=C(F)C(=O)Nc1ccc(-c2ncnc(N)c2-c2ccc(Oc3nccc(C)n3)c(F)c2)c(OC)c1. The average molecular weight is 490 g/mol. The lowest BCUT2D eigenvalue weighted by Crippen LogP contribution is -2.11. The molecule has 4 rings (SSSR count). The number of benzene rings is 2. The van der Waals surface area contributed by atoms with Crippen molar-refractivity contribution in [2.45, 2.75) is 6.92 Å². The van der Waals surface area contributed by atoms with Crippen molar-refractivity contribution in [2.24, 2.45) is 0 Å². The quantitative estimate of drug-likeness (QED) is 0.352. The zero-order chi connectivity index (χ0) is 25.8. The summed E-state index contributed by atoms with van der Waals surface area (Å²) in [6.45, 7) is 4.73. The van der Waals surface area contributed by atoms with Crippen molar-refractivity contribution in [2.75, 3.05) is 18.2 Å². The van der Waals surface area contributed by atoms with Crippen LogP contribution in [0.15, 0.2) is 67.4 Å². The first-order valence-corrected chi connectivity index (χ1v) is 10.5. The highest BCUT2D eigenvalue weighted by molar-refractivity contribution is 6.02. The molecule has 0 aliphatic carbocycles. The largest absolute Gasteiger partial charge is 0.496 e. The van der Waals surface area contributed by atoms with Gasteiger partial charge >= 0.3 is 6.01 Å². The number of carbonyl (C=O) groups is 1. The monoisotopic (exact) mass is 490 g/mol. The van der Waals surface area contributed by atoms with E-state index in [4.69, 9.17) is 15.2 Å². The van der Waals surface area contributed by atoms with Crippen LogP contribution < -0.4 is 20.5 Å². The van der Waals surface area contributed by atoms with Gasteiger partial charge in [-0.1, -0.05) is 12.6 Å². The molecule has 2 aromatic carbocycles. The fourth-order valence-corrected chi connectivity index (χ4v) is 3.36. The van der Waals surface area contributed by atoms with E-state index in [0.29, 0.717) is 33.8 Å². The topological polar surface area (TPSA) is 125 Å². The third kappa shape index (κ3) is 5.09. The number of amides is 1. The van der Waals surface area contributed by atoms with Gasteiger partial charge in [0.25, 0.3) is 5.91 Å². The first-order chi connectivity index (χ1) is 17.3. The molecular weight excluding hydrogens is 470 g/mol. The molecule has 0 aliphatic heterocycles. The van der Waals surface area contributed by atoms with Gasteiger partial charge in [0.15, 0.2) is 17.4 Å². The second kappa shape index (κ2) is 10.1. The second-order valence-corrected chi connectivity index (χ2v) is 7.48. The van der Waals surface area contributed by atoms with E-state index < -0.39 is 17.6 Å². The van der Waals surface area contributed by atoms with E-state index >= 15 is 4.39 Å². The smallest absolute Gasteiger partial charge is 0.322 e. The molecule has 2 heterocycles. The maximum Gasteiger partial charge on any atom is 0.322 e. The molecule has 182 valence electrons. The minimum absolute atomic E-state index is 0.0122. The van der Waals surface area contributed by atoms with Crippen LogP contribution in [-0.4, -0.2) is 33.0 Å². The van der Waals surface area contributed by atoms with Crippen molar-refractivity contribution in [3.8, 4) is 39.9 Å². The molecule has 0 spiro atoms. The van der Waals surface area contributed by atoms with Crippen LogP contribution in [0.4, 0.5) is 20.3 Å². The first-order valence-electron chi connectivity index (χ1n) is 10.5. The number of nitrogens with zero attached hydrogens (tertiary/aromatic N) is 4. The average Bonchev–Trinajstić information content (AvgIpc) is 2.85. The van der Waals surface area contributed by atoms with E-state index in [1.54, 1.807) is 25.1 Å². The van der Waals surface area contributed by atoms with Crippen LogP contribution in [0, 0.1) is 12.7 Å². The summed E-state index contributed by atoms with van der Waals surface area (Å²) in [6.07, 6.45) is 2.77. The lowest BCUT2D eigenvalue weighted by Gasteiger charge is -2.15. The number of nitrogen functional groups attached to an aromatic ring is 1. The molecule has 0 fully saturated rings. The zero-order valence-corrected chi connectivity index (χ0v) is 19.3. The van der Waals surface area contributed by atoms with Crippen molar-refractivity contribution in [1.29, 1.82) is 0 Å². The Labute approximate surface area is 204 Å². The summed E-state index contributed by atoms with van der Waals surface area (Å²) in [4.78, 5) is 28.1. The van der Waals surface area contributed by atoms with Gasteiger partial charge in [0, 0.05) is 29.2 Å². The Morgan fingerprint density at radius 2 is 1.89 bits per heavy atom. The number of nitrogens with two attached hydrogens (primary N) is 1. The molecule has 0 unspecified atom stereocenters. The van der Waals surface area contributed by atoms with E-state index in [2.05, 4.69) is 31.8 Å². The Balaban J connectivity index is 1.73. The number of rotatable bonds is 7. The zero-order valence-electron chi connectivity index (χ0n) is 19.3. The lowest BCUT2D eigenvalue weighted by atomic mass is 9.98. The van der Waals surface area contributed by atoms with Crippen molar-refractivity contribution in [3.05, 3.63) is 78.9 Å². The van der Waals surface area contributed by atoms with Gasteiger partial charge in [-0.05, 0) is 42.8 Å². The highest BCUT2D eigenvalue weighted by Gasteiger charge is 2.20. The van der Waals surface area contributed by atoms with Crippen molar-refractivity contribution in [3.63, 3.8) is 0 Å². The fraction of sp³-hybridized carbons (Fsp3) is 0.0800. The minimum atomic E-state index is -1.13. The molecule has 0 bridgehead atoms. The van der Waals surface area contributed by atoms with E-state index in [0.717, 1.165) is 0 Å². The normalized spacial score (nSPS) is 10.6. The van der Waals surface area contributed by atoms with Crippen LogP contribution >= 0.6 is 0 Å². The van der Waals surface area contributed by atoms with Crippen molar-refractivity contribution >= 4 is 17.4 Å². The Bertz CT molecular complexity index is 1480. The molecule has 0 saturated heterocycles. The van der Waals surface area contributed by atoms with Gasteiger partial charge in [0.2, 0.25) is 0 Å². The molecule has 0 atom stereocenters. The summed E-state index contributed by atoms with van der Waals surface area (Å²) in [6, 6.07) is 10.6. The molecule has 4 aromatic rings. The number of methoxy groups -OCH3 is 1. The molecule has 11 heteroatoms. The van der Waals surface area contributed by atoms with Crippen molar-refractivity contribution < 1.29 is 23.0 Å². The van der Waals surface area contributed by atoms with Gasteiger partial charge in [-0.3, -0.25) is 4.79 Å². The number of carbonyl (C=O) groups excluding carboxylic acids is 1. The van der Waals surface area contributed by atoms with Crippen LogP contribution in [0.2, 0.25) is 0 Å². The number of anilines is 2. The molecular formula is C25H20F2N6O3. The summed E-state index contributed by atoms with van der Waals surface area (Å²) in [5, 5.41) is 2.36. The number of aryl methyl sites for hydroxylation is 1. The third-order valence-electron chi connectivity index (χ3n) is 5.03. The highest BCUT2D eigenvalue weighted by Crippen LogP contribution is 2.40.